The summed E-state index contributed by atoms with van der Waals surface area (Å²) in [6, 6.07) is 3.76. The van der Waals surface area contributed by atoms with Crippen LogP contribution in [0.1, 0.15) is 58.4 Å². The number of allylic oxidation sites excluding steroid dienone is 2. The highest BCUT2D eigenvalue weighted by Crippen LogP contribution is 2.48. The average molecular weight is 354 g/mol. The van der Waals surface area contributed by atoms with Crippen molar-refractivity contribution < 1.29 is 14.3 Å². The van der Waals surface area contributed by atoms with Crippen LogP contribution in [0.3, 0.4) is 0 Å². The number of carbonyl (C=O) groups excluding carboxylic acids is 2. The largest absolute Gasteiger partial charge is 0.465 e. The molecule has 0 amide bonds. The zero-order chi connectivity index (χ0) is 18.9. The number of ether oxygens (including phenoxy) is 1. The molecule has 0 radical (unpaired) electrons. The van der Waals surface area contributed by atoms with Gasteiger partial charge in [0, 0.05) is 41.7 Å². The van der Waals surface area contributed by atoms with E-state index in [9.17, 15) is 9.59 Å². The molecule has 0 spiro atoms. The van der Waals surface area contributed by atoms with Crippen LogP contribution in [0.15, 0.2) is 40.8 Å². The van der Waals surface area contributed by atoms with Gasteiger partial charge in [-0.15, -0.1) is 0 Å². The van der Waals surface area contributed by atoms with Crippen LogP contribution in [0.5, 0.6) is 0 Å². The number of rotatable bonds is 4. The molecular weight excluding hydrogens is 328 g/mol. The molecule has 0 bridgehead atoms. The van der Waals surface area contributed by atoms with Crippen molar-refractivity contribution in [3.63, 3.8) is 0 Å². The predicted molar refractivity (Wildman–Crippen MR) is 99.9 cm³/mol. The van der Waals surface area contributed by atoms with Crippen molar-refractivity contribution in [2.75, 3.05) is 6.61 Å². The summed E-state index contributed by atoms with van der Waals surface area (Å²) in [5.41, 5.74) is 3.13. The molecule has 1 aromatic heterocycles. The Kier molecular flexibility index (Phi) is 5.08. The van der Waals surface area contributed by atoms with E-state index in [1.54, 1.807) is 19.3 Å². The van der Waals surface area contributed by atoms with E-state index >= 15 is 0 Å². The molecule has 2 aliphatic rings. The highest BCUT2D eigenvalue weighted by atomic mass is 16.5. The van der Waals surface area contributed by atoms with Crippen molar-refractivity contribution in [3.8, 4) is 0 Å². The van der Waals surface area contributed by atoms with E-state index < -0.39 is 5.92 Å². The summed E-state index contributed by atoms with van der Waals surface area (Å²) in [6.07, 6.45) is 5.27. The molecule has 5 nitrogen and oxygen atoms in total. The van der Waals surface area contributed by atoms with Gasteiger partial charge in [0.25, 0.3) is 0 Å². The highest BCUT2D eigenvalue weighted by molar-refractivity contribution is 6.09. The van der Waals surface area contributed by atoms with Crippen LogP contribution in [0.4, 0.5) is 0 Å². The van der Waals surface area contributed by atoms with Crippen molar-refractivity contribution in [3.05, 3.63) is 41.4 Å². The second-order valence-electron chi connectivity index (χ2n) is 7.75. The van der Waals surface area contributed by atoms with Crippen LogP contribution in [-0.2, 0) is 14.3 Å². The molecule has 0 saturated heterocycles. The molecule has 5 heteroatoms. The maximum absolute atomic E-state index is 13.1. The Morgan fingerprint density at radius 1 is 1.23 bits per heavy atom. The minimum Gasteiger partial charge on any atom is -0.465 e. The number of hydrogen-bond donors (Lipinski definition) is 0. The Morgan fingerprint density at radius 2 is 1.92 bits per heavy atom. The molecule has 138 valence electrons. The second-order valence-corrected chi connectivity index (χ2v) is 7.75. The van der Waals surface area contributed by atoms with Crippen LogP contribution in [0.25, 0.3) is 0 Å². The maximum atomic E-state index is 13.1. The number of pyridine rings is 1. The van der Waals surface area contributed by atoms with Crippen LogP contribution in [0.2, 0.25) is 0 Å². The lowest BCUT2D eigenvalue weighted by Crippen LogP contribution is -2.40. The van der Waals surface area contributed by atoms with E-state index in [4.69, 9.17) is 9.73 Å². The van der Waals surface area contributed by atoms with Crippen LogP contribution in [-0.4, -0.2) is 29.1 Å². The normalized spacial score (nSPS) is 24.8. The Balaban J connectivity index is 2.18. The first-order valence-electron chi connectivity index (χ1n) is 9.28. The van der Waals surface area contributed by atoms with Crippen molar-refractivity contribution >= 4 is 17.5 Å². The van der Waals surface area contributed by atoms with Crippen LogP contribution >= 0.6 is 0 Å². The van der Waals surface area contributed by atoms with E-state index in [1.165, 1.54) is 0 Å². The molecule has 0 N–H and O–H groups in total. The first kappa shape index (κ1) is 18.5. The lowest BCUT2D eigenvalue weighted by atomic mass is 9.66. The summed E-state index contributed by atoms with van der Waals surface area (Å²) < 4.78 is 5.35. The van der Waals surface area contributed by atoms with E-state index in [-0.39, 0.29) is 23.1 Å². The van der Waals surface area contributed by atoms with Crippen molar-refractivity contribution in [2.24, 2.45) is 16.3 Å². The van der Waals surface area contributed by atoms with Crippen molar-refractivity contribution in [1.29, 1.82) is 0 Å². The lowest BCUT2D eigenvalue weighted by molar-refractivity contribution is -0.146. The number of Topliss-reactive ketones (excluding diaryl/α,β-unsaturated/α-hetero) is 1. The Hall–Kier alpha value is -2.30. The monoisotopic (exact) mass is 354 g/mol. The first-order chi connectivity index (χ1) is 12.4. The average Bonchev–Trinajstić information content (AvgIpc) is 2.59. The van der Waals surface area contributed by atoms with Gasteiger partial charge < -0.3 is 4.74 Å². The van der Waals surface area contributed by atoms with E-state index in [0.717, 1.165) is 23.4 Å². The zero-order valence-electron chi connectivity index (χ0n) is 15.9. The second kappa shape index (κ2) is 7.14. The SMILES string of the molecule is CCOC(=O)C1C(CC)=NC2=C(C(=O)CC(C)(C)C2)[C@H]1c1ccncc1. The van der Waals surface area contributed by atoms with Gasteiger partial charge in [-0.05, 0) is 42.9 Å². The minimum absolute atomic E-state index is 0.0891. The fourth-order valence-electron chi connectivity index (χ4n) is 4.09. The third-order valence-corrected chi connectivity index (χ3v) is 5.15. The van der Waals surface area contributed by atoms with Crippen LogP contribution in [0, 0.1) is 11.3 Å². The van der Waals surface area contributed by atoms with Gasteiger partial charge >= 0.3 is 5.97 Å². The Bertz CT molecular complexity index is 778. The molecule has 0 aromatic carbocycles. The number of nitrogens with zero attached hydrogens (tertiary/aromatic N) is 2. The molecule has 1 unspecified atom stereocenters. The van der Waals surface area contributed by atoms with Gasteiger partial charge in [-0.2, -0.15) is 0 Å². The molecule has 1 aromatic rings. The Morgan fingerprint density at radius 3 is 2.54 bits per heavy atom. The molecule has 26 heavy (non-hydrogen) atoms. The summed E-state index contributed by atoms with van der Waals surface area (Å²) in [4.78, 5) is 34.7. The summed E-state index contributed by atoms with van der Waals surface area (Å²) >= 11 is 0. The standard InChI is InChI=1S/C21H26N2O3/c1-5-14-19(20(25)26-6-2)17(13-7-9-22-10-8-13)18-15(23-14)11-21(3,4)12-16(18)24/h7-10,17,19H,5-6,11-12H2,1-4H3/t17-,19?/m1/s1. The smallest absolute Gasteiger partial charge is 0.315 e. The van der Waals surface area contributed by atoms with E-state index in [0.29, 0.717) is 25.0 Å². The summed E-state index contributed by atoms with van der Waals surface area (Å²) in [5, 5.41) is 0. The van der Waals surface area contributed by atoms with Gasteiger partial charge in [0.1, 0.15) is 5.92 Å². The number of aromatic nitrogens is 1. The third-order valence-electron chi connectivity index (χ3n) is 5.15. The van der Waals surface area contributed by atoms with Gasteiger partial charge in [-0.1, -0.05) is 20.8 Å². The first-order valence-corrected chi connectivity index (χ1v) is 9.28. The van der Waals surface area contributed by atoms with Gasteiger partial charge in [0.05, 0.1) is 6.61 Å². The Labute approximate surface area is 154 Å². The molecule has 2 heterocycles. The zero-order valence-corrected chi connectivity index (χ0v) is 15.9. The van der Waals surface area contributed by atoms with Gasteiger partial charge in [-0.3, -0.25) is 19.6 Å². The van der Waals surface area contributed by atoms with Gasteiger partial charge in [0.2, 0.25) is 0 Å². The number of ketones is 1. The third kappa shape index (κ3) is 3.35. The number of carbonyl (C=O) groups is 2. The molecule has 3 rings (SSSR count). The summed E-state index contributed by atoms with van der Waals surface area (Å²) in [7, 11) is 0. The topological polar surface area (TPSA) is 68.6 Å². The maximum Gasteiger partial charge on any atom is 0.315 e. The van der Waals surface area contributed by atoms with E-state index in [1.807, 2.05) is 19.1 Å². The molecule has 1 aliphatic heterocycles. The summed E-state index contributed by atoms with van der Waals surface area (Å²) in [5.74, 6) is -1.11. The molecule has 1 aliphatic carbocycles. The highest BCUT2D eigenvalue weighted by Gasteiger charge is 2.46. The molecule has 2 atom stereocenters. The fraction of sp³-hybridized carbons (Fsp3) is 0.524. The van der Waals surface area contributed by atoms with Crippen LogP contribution < -0.4 is 0 Å². The van der Waals surface area contributed by atoms with E-state index in [2.05, 4.69) is 18.8 Å². The fourth-order valence-corrected chi connectivity index (χ4v) is 4.09. The van der Waals surface area contributed by atoms with Crippen molar-refractivity contribution in [1.82, 2.24) is 4.98 Å². The molecular formula is C21H26N2O3. The number of aliphatic imine (C=N–C) groups is 1. The lowest BCUT2D eigenvalue weighted by Gasteiger charge is -2.39. The molecule has 0 fully saturated rings. The predicted octanol–water partition coefficient (Wildman–Crippen LogP) is 3.85. The quantitative estimate of drug-likeness (QED) is 0.770. The van der Waals surface area contributed by atoms with Gasteiger partial charge in [-0.25, -0.2) is 0 Å². The van der Waals surface area contributed by atoms with Gasteiger partial charge in [0.15, 0.2) is 5.78 Å². The minimum atomic E-state index is -0.550. The summed E-state index contributed by atoms with van der Waals surface area (Å²) in [6.45, 7) is 8.28. The number of esters is 1. The molecule has 0 saturated carbocycles. The number of hydrogen-bond acceptors (Lipinski definition) is 5. The van der Waals surface area contributed by atoms with Crippen molar-refractivity contribution in [2.45, 2.75) is 52.9 Å².